The van der Waals surface area contributed by atoms with Crippen LogP contribution in [0.4, 0.5) is 0 Å². The number of benzene rings is 2. The molecule has 0 amide bonds. The Morgan fingerprint density at radius 2 is 1.76 bits per heavy atom. The molecule has 1 aliphatic rings. The van der Waals surface area contributed by atoms with Crippen molar-refractivity contribution in [1.29, 1.82) is 0 Å². The van der Waals surface area contributed by atoms with Gasteiger partial charge < -0.3 is 10.4 Å². The first-order valence-electron chi connectivity index (χ1n) is 7.57. The third-order valence-corrected chi connectivity index (χ3v) is 4.01. The Morgan fingerprint density at radius 1 is 1.00 bits per heavy atom. The van der Waals surface area contributed by atoms with E-state index in [0.717, 1.165) is 32.6 Å². The molecule has 1 fully saturated rings. The fourth-order valence-electron chi connectivity index (χ4n) is 2.93. The quantitative estimate of drug-likeness (QED) is 0.904. The van der Waals surface area contributed by atoms with Gasteiger partial charge in [-0.3, -0.25) is 4.90 Å². The van der Waals surface area contributed by atoms with Crippen molar-refractivity contribution >= 4 is 0 Å². The lowest BCUT2D eigenvalue weighted by atomic mass is 10.0. The van der Waals surface area contributed by atoms with Crippen molar-refractivity contribution < 1.29 is 5.11 Å². The first-order valence-corrected chi connectivity index (χ1v) is 7.57. The maximum Gasteiger partial charge on any atom is 0.115 e. The van der Waals surface area contributed by atoms with Crippen molar-refractivity contribution in [3.63, 3.8) is 0 Å². The Balaban J connectivity index is 1.57. The third kappa shape index (κ3) is 4.06. The summed E-state index contributed by atoms with van der Waals surface area (Å²) in [4.78, 5) is 2.51. The highest BCUT2D eigenvalue weighted by Gasteiger charge is 2.19. The molecule has 2 aromatic rings. The predicted octanol–water partition coefficient (Wildman–Crippen LogP) is 2.41. The molecule has 1 atom stereocenters. The van der Waals surface area contributed by atoms with Crippen LogP contribution >= 0.6 is 0 Å². The van der Waals surface area contributed by atoms with Crippen LogP contribution in [0, 0.1) is 0 Å². The van der Waals surface area contributed by atoms with E-state index >= 15 is 0 Å². The van der Waals surface area contributed by atoms with E-state index in [2.05, 4.69) is 40.5 Å². The molecule has 2 N–H and O–H groups in total. The number of nitrogens with zero attached hydrogens (tertiary/aromatic N) is 1. The molecule has 0 radical (unpaired) electrons. The second-order valence-corrected chi connectivity index (χ2v) is 5.74. The van der Waals surface area contributed by atoms with Crippen molar-refractivity contribution in [3.05, 3.63) is 65.7 Å². The van der Waals surface area contributed by atoms with E-state index in [4.69, 9.17) is 0 Å². The molecule has 3 nitrogen and oxygen atoms in total. The molecule has 3 rings (SSSR count). The number of rotatable bonds is 4. The molecule has 3 heteroatoms. The molecule has 0 saturated carbocycles. The van der Waals surface area contributed by atoms with Gasteiger partial charge in [0.05, 0.1) is 0 Å². The first kappa shape index (κ1) is 14.1. The summed E-state index contributed by atoms with van der Waals surface area (Å²) in [5.74, 6) is 0.334. The Kier molecular flexibility index (Phi) is 4.53. The van der Waals surface area contributed by atoms with Gasteiger partial charge in [-0.1, -0.05) is 42.5 Å². The fourth-order valence-corrected chi connectivity index (χ4v) is 2.93. The second-order valence-electron chi connectivity index (χ2n) is 5.74. The van der Waals surface area contributed by atoms with Crippen LogP contribution in [0.15, 0.2) is 54.6 Å². The molecule has 110 valence electrons. The largest absolute Gasteiger partial charge is 0.508 e. The van der Waals surface area contributed by atoms with Crippen molar-refractivity contribution in [3.8, 4) is 5.75 Å². The SMILES string of the molecule is Oc1ccc(C[C@@H]2CN(Cc3ccccc3)CCN2)cc1. The summed E-state index contributed by atoms with van der Waals surface area (Å²) in [5, 5.41) is 12.9. The summed E-state index contributed by atoms with van der Waals surface area (Å²) in [6.07, 6.45) is 1.01. The molecule has 0 aromatic heterocycles. The van der Waals surface area contributed by atoms with Crippen LogP contribution in [0.3, 0.4) is 0 Å². The van der Waals surface area contributed by atoms with E-state index < -0.39 is 0 Å². The smallest absolute Gasteiger partial charge is 0.115 e. The number of phenolic OH excluding ortho intramolecular Hbond substituents is 1. The zero-order valence-electron chi connectivity index (χ0n) is 12.2. The van der Waals surface area contributed by atoms with E-state index in [-0.39, 0.29) is 0 Å². The first-order chi connectivity index (χ1) is 10.3. The van der Waals surface area contributed by atoms with Crippen LogP contribution in [0.25, 0.3) is 0 Å². The molecule has 1 heterocycles. The van der Waals surface area contributed by atoms with Crippen molar-refractivity contribution in [1.82, 2.24) is 10.2 Å². The molecule has 0 spiro atoms. The van der Waals surface area contributed by atoms with Crippen molar-refractivity contribution in [2.24, 2.45) is 0 Å². The van der Waals surface area contributed by atoms with Gasteiger partial charge in [-0.25, -0.2) is 0 Å². The van der Waals surface area contributed by atoms with Crippen molar-refractivity contribution in [2.75, 3.05) is 19.6 Å². The molecule has 1 saturated heterocycles. The van der Waals surface area contributed by atoms with Crippen LogP contribution in [0.1, 0.15) is 11.1 Å². The zero-order valence-corrected chi connectivity index (χ0v) is 12.2. The highest BCUT2D eigenvalue weighted by atomic mass is 16.3. The van der Waals surface area contributed by atoms with Gasteiger partial charge in [0.1, 0.15) is 5.75 Å². The molecule has 21 heavy (non-hydrogen) atoms. The lowest BCUT2D eigenvalue weighted by molar-refractivity contribution is 0.192. The summed E-state index contributed by atoms with van der Waals surface area (Å²) in [6.45, 7) is 4.22. The number of piperazine rings is 1. The van der Waals surface area contributed by atoms with Gasteiger partial charge in [0.25, 0.3) is 0 Å². The second kappa shape index (κ2) is 6.74. The fraction of sp³-hybridized carbons (Fsp3) is 0.333. The number of phenols is 1. The average Bonchev–Trinajstić information content (AvgIpc) is 2.51. The Bertz CT molecular complexity index is 553. The molecule has 0 aliphatic carbocycles. The highest BCUT2D eigenvalue weighted by molar-refractivity contribution is 5.26. The van der Waals surface area contributed by atoms with E-state index in [9.17, 15) is 5.11 Å². The zero-order chi connectivity index (χ0) is 14.5. The average molecular weight is 282 g/mol. The molecular weight excluding hydrogens is 260 g/mol. The maximum absolute atomic E-state index is 9.34. The number of hydrogen-bond donors (Lipinski definition) is 2. The van der Waals surface area contributed by atoms with Crippen LogP contribution in [-0.4, -0.2) is 35.7 Å². The normalized spacial score (nSPS) is 19.5. The Labute approximate surface area is 126 Å². The molecular formula is C18H22N2O. The standard InChI is InChI=1S/C18H22N2O/c21-18-8-6-15(7-9-18)12-17-14-20(11-10-19-17)13-16-4-2-1-3-5-16/h1-9,17,19,21H,10-14H2/t17-/m1/s1. The molecule has 0 unspecified atom stereocenters. The predicted molar refractivity (Wildman–Crippen MR) is 85.3 cm³/mol. The van der Waals surface area contributed by atoms with Crippen LogP contribution < -0.4 is 5.32 Å². The third-order valence-electron chi connectivity index (χ3n) is 4.01. The van der Waals surface area contributed by atoms with E-state index in [0.29, 0.717) is 11.8 Å². The topological polar surface area (TPSA) is 35.5 Å². The van der Waals surface area contributed by atoms with Crippen molar-refractivity contribution in [2.45, 2.75) is 19.0 Å². The summed E-state index contributed by atoms with van der Waals surface area (Å²) in [7, 11) is 0. The van der Waals surface area contributed by atoms with Gasteiger partial charge in [0.15, 0.2) is 0 Å². The summed E-state index contributed by atoms with van der Waals surface area (Å²) < 4.78 is 0. The molecule has 1 aliphatic heterocycles. The molecule has 2 aromatic carbocycles. The van der Waals surface area contributed by atoms with Crippen LogP contribution in [0.2, 0.25) is 0 Å². The summed E-state index contributed by atoms with van der Waals surface area (Å²) in [5.41, 5.74) is 2.65. The van der Waals surface area contributed by atoms with E-state index in [1.54, 1.807) is 12.1 Å². The Hall–Kier alpha value is -1.84. The van der Waals surface area contributed by atoms with Gasteiger partial charge in [0.2, 0.25) is 0 Å². The minimum absolute atomic E-state index is 0.334. The number of aromatic hydroxyl groups is 1. The number of hydrogen-bond acceptors (Lipinski definition) is 3. The van der Waals surface area contributed by atoms with Crippen LogP contribution in [0.5, 0.6) is 5.75 Å². The summed E-state index contributed by atoms with van der Waals surface area (Å²) >= 11 is 0. The van der Waals surface area contributed by atoms with Gasteiger partial charge in [0, 0.05) is 32.2 Å². The monoisotopic (exact) mass is 282 g/mol. The van der Waals surface area contributed by atoms with Gasteiger partial charge in [-0.2, -0.15) is 0 Å². The lowest BCUT2D eigenvalue weighted by Crippen LogP contribution is -2.51. The number of nitrogens with one attached hydrogen (secondary N) is 1. The Morgan fingerprint density at radius 3 is 2.52 bits per heavy atom. The highest BCUT2D eigenvalue weighted by Crippen LogP contribution is 2.14. The van der Waals surface area contributed by atoms with Gasteiger partial charge in [-0.15, -0.1) is 0 Å². The lowest BCUT2D eigenvalue weighted by Gasteiger charge is -2.34. The van der Waals surface area contributed by atoms with Gasteiger partial charge >= 0.3 is 0 Å². The van der Waals surface area contributed by atoms with Crippen LogP contribution in [-0.2, 0) is 13.0 Å². The minimum Gasteiger partial charge on any atom is -0.508 e. The maximum atomic E-state index is 9.34. The minimum atomic E-state index is 0.334. The van der Waals surface area contributed by atoms with E-state index in [1.807, 2.05) is 12.1 Å². The summed E-state index contributed by atoms with van der Waals surface area (Å²) in [6, 6.07) is 18.7. The molecule has 0 bridgehead atoms. The van der Waals surface area contributed by atoms with Gasteiger partial charge in [-0.05, 0) is 29.7 Å². The van der Waals surface area contributed by atoms with E-state index in [1.165, 1.54) is 11.1 Å².